The first-order chi connectivity index (χ1) is 14.1. The monoisotopic (exact) mass is 379 g/mol. The Morgan fingerprint density at radius 1 is 0.793 bits per heavy atom. The van der Waals surface area contributed by atoms with Gasteiger partial charge in [0, 0.05) is 18.5 Å². The van der Waals surface area contributed by atoms with Gasteiger partial charge < -0.3 is 0 Å². The quantitative estimate of drug-likeness (QED) is 0.358. The Bertz CT molecular complexity index is 1180. The summed E-state index contributed by atoms with van der Waals surface area (Å²) in [5.41, 5.74) is 3.02. The molecule has 0 amide bonds. The van der Waals surface area contributed by atoms with E-state index < -0.39 is 4.92 Å². The second kappa shape index (κ2) is 8.85. The summed E-state index contributed by atoms with van der Waals surface area (Å²) < 4.78 is 0. The van der Waals surface area contributed by atoms with Crippen LogP contribution >= 0.6 is 0 Å². The normalized spacial score (nSPS) is 10.7. The van der Waals surface area contributed by atoms with E-state index in [9.17, 15) is 10.1 Å². The van der Waals surface area contributed by atoms with Gasteiger partial charge in [0.1, 0.15) is 5.69 Å². The number of benzene rings is 3. The highest BCUT2D eigenvalue weighted by Crippen LogP contribution is 2.31. The van der Waals surface area contributed by atoms with Gasteiger partial charge in [-0.3, -0.25) is 15.1 Å². The molecule has 7 nitrogen and oxygen atoms in total. The number of aliphatic imine (C=N–C) groups is 2. The van der Waals surface area contributed by atoms with Gasteiger partial charge >= 0.3 is 0 Å². The van der Waals surface area contributed by atoms with E-state index in [4.69, 9.17) is 10.5 Å². The third kappa shape index (κ3) is 4.97. The first-order valence-corrected chi connectivity index (χ1v) is 8.46. The summed E-state index contributed by atoms with van der Waals surface area (Å²) in [4.78, 5) is 19.4. The van der Waals surface area contributed by atoms with Crippen LogP contribution in [0.2, 0.25) is 0 Å². The van der Waals surface area contributed by atoms with E-state index in [2.05, 4.69) is 9.98 Å². The first kappa shape index (κ1) is 19.2. The van der Waals surface area contributed by atoms with Gasteiger partial charge in [-0.1, -0.05) is 24.3 Å². The molecule has 7 heteroatoms. The fraction of sp³-hybridized carbons (Fsp3) is 0. The summed E-state index contributed by atoms with van der Waals surface area (Å²) >= 11 is 0. The molecule has 3 aromatic carbocycles. The molecule has 0 atom stereocenters. The Kier molecular flexibility index (Phi) is 5.84. The van der Waals surface area contributed by atoms with Crippen LogP contribution in [-0.4, -0.2) is 17.4 Å². The van der Waals surface area contributed by atoms with Crippen LogP contribution in [0, 0.1) is 32.8 Å². The summed E-state index contributed by atoms with van der Waals surface area (Å²) in [6.07, 6.45) is 3.07. The number of nitro benzene ring substituents is 1. The predicted octanol–water partition coefficient (Wildman–Crippen LogP) is 4.84. The highest BCUT2D eigenvalue weighted by atomic mass is 16.6. The Balaban J connectivity index is 1.83. The lowest BCUT2D eigenvalue weighted by Crippen LogP contribution is -1.89. The fourth-order valence-electron chi connectivity index (χ4n) is 2.43. The zero-order valence-electron chi connectivity index (χ0n) is 15.1. The number of hydrogen-bond donors (Lipinski definition) is 0. The average molecular weight is 379 g/mol. The summed E-state index contributed by atoms with van der Waals surface area (Å²) in [5, 5.41) is 29.1. The number of nitro groups is 1. The second-order valence-corrected chi connectivity index (χ2v) is 5.91. The molecule has 0 N–H and O–H groups in total. The third-order valence-corrected chi connectivity index (χ3v) is 3.95. The summed E-state index contributed by atoms with van der Waals surface area (Å²) in [6.45, 7) is 0. The van der Waals surface area contributed by atoms with Crippen LogP contribution in [0.15, 0.2) is 76.7 Å². The molecule has 0 aliphatic carbocycles. The van der Waals surface area contributed by atoms with Gasteiger partial charge in [-0.15, -0.1) is 0 Å². The molecular formula is C22H13N5O2. The molecule has 3 aromatic rings. The van der Waals surface area contributed by atoms with Crippen molar-refractivity contribution >= 4 is 29.5 Å². The van der Waals surface area contributed by atoms with E-state index in [1.165, 1.54) is 18.3 Å². The minimum atomic E-state index is -0.508. The van der Waals surface area contributed by atoms with Gasteiger partial charge in [-0.05, 0) is 47.5 Å². The van der Waals surface area contributed by atoms with Crippen molar-refractivity contribution in [1.82, 2.24) is 0 Å². The minimum Gasteiger partial charge on any atom is -0.258 e. The van der Waals surface area contributed by atoms with Crippen LogP contribution in [0.4, 0.5) is 17.1 Å². The van der Waals surface area contributed by atoms with Gasteiger partial charge in [-0.2, -0.15) is 10.5 Å². The standard InChI is InChI=1S/C22H13N5O2/c23-12-16-1-5-18(6-2-16)14-25-20-9-10-21(22(11-20)27(28)29)26-15-19-7-3-17(13-24)4-8-19/h1-11,14-15H. The van der Waals surface area contributed by atoms with Crippen LogP contribution in [0.25, 0.3) is 0 Å². The van der Waals surface area contributed by atoms with Crippen LogP contribution in [0.1, 0.15) is 22.3 Å². The van der Waals surface area contributed by atoms with E-state index in [0.29, 0.717) is 16.8 Å². The van der Waals surface area contributed by atoms with Crippen LogP contribution in [0.3, 0.4) is 0 Å². The van der Waals surface area contributed by atoms with E-state index in [0.717, 1.165) is 11.1 Å². The molecule has 138 valence electrons. The maximum Gasteiger partial charge on any atom is 0.296 e. The van der Waals surface area contributed by atoms with Crippen LogP contribution in [0.5, 0.6) is 0 Å². The SMILES string of the molecule is N#Cc1ccc(C=Nc2ccc(N=Cc3ccc(C#N)cc3)c([N+](=O)[O-])c2)cc1. The molecule has 29 heavy (non-hydrogen) atoms. The molecule has 0 aromatic heterocycles. The maximum absolute atomic E-state index is 11.4. The molecule has 3 rings (SSSR count). The number of nitrogens with zero attached hydrogens (tertiary/aromatic N) is 5. The van der Waals surface area contributed by atoms with Gasteiger partial charge in [0.15, 0.2) is 0 Å². The van der Waals surface area contributed by atoms with Crippen molar-refractivity contribution in [2.24, 2.45) is 9.98 Å². The summed E-state index contributed by atoms with van der Waals surface area (Å²) in [5.74, 6) is 0. The highest BCUT2D eigenvalue weighted by molar-refractivity contribution is 5.85. The zero-order chi connectivity index (χ0) is 20.6. The summed E-state index contributed by atoms with van der Waals surface area (Å²) in [7, 11) is 0. The zero-order valence-corrected chi connectivity index (χ0v) is 15.1. The fourth-order valence-corrected chi connectivity index (χ4v) is 2.43. The van der Waals surface area contributed by atoms with E-state index in [1.54, 1.807) is 60.8 Å². The smallest absolute Gasteiger partial charge is 0.258 e. The Hall–Kier alpha value is -4.62. The Labute approximate surface area is 166 Å². The molecule has 0 fully saturated rings. The van der Waals surface area contributed by atoms with Crippen molar-refractivity contribution in [3.63, 3.8) is 0 Å². The van der Waals surface area contributed by atoms with Crippen LogP contribution < -0.4 is 0 Å². The predicted molar refractivity (Wildman–Crippen MR) is 110 cm³/mol. The third-order valence-electron chi connectivity index (χ3n) is 3.95. The molecule has 0 radical (unpaired) electrons. The van der Waals surface area contributed by atoms with Crippen molar-refractivity contribution in [2.75, 3.05) is 0 Å². The van der Waals surface area contributed by atoms with E-state index in [1.807, 2.05) is 12.1 Å². The molecule has 0 unspecified atom stereocenters. The largest absolute Gasteiger partial charge is 0.296 e. The second-order valence-electron chi connectivity index (χ2n) is 5.91. The molecule has 0 bridgehead atoms. The van der Waals surface area contributed by atoms with Gasteiger partial charge in [0.05, 0.1) is 33.9 Å². The van der Waals surface area contributed by atoms with Gasteiger partial charge in [0.2, 0.25) is 0 Å². The lowest BCUT2D eigenvalue weighted by Gasteiger charge is -2.00. The number of rotatable bonds is 5. The first-order valence-electron chi connectivity index (χ1n) is 8.46. The molecule has 0 saturated heterocycles. The topological polar surface area (TPSA) is 115 Å². The van der Waals surface area contributed by atoms with Crippen molar-refractivity contribution in [3.05, 3.63) is 99.1 Å². The van der Waals surface area contributed by atoms with Crippen molar-refractivity contribution in [2.45, 2.75) is 0 Å². The highest BCUT2D eigenvalue weighted by Gasteiger charge is 2.13. The lowest BCUT2D eigenvalue weighted by atomic mass is 10.1. The molecule has 0 aliphatic rings. The average Bonchev–Trinajstić information content (AvgIpc) is 2.77. The van der Waals surface area contributed by atoms with E-state index >= 15 is 0 Å². The van der Waals surface area contributed by atoms with Gasteiger partial charge in [-0.25, -0.2) is 4.99 Å². The van der Waals surface area contributed by atoms with Crippen molar-refractivity contribution in [1.29, 1.82) is 10.5 Å². The lowest BCUT2D eigenvalue weighted by molar-refractivity contribution is -0.384. The Morgan fingerprint density at radius 2 is 1.31 bits per heavy atom. The Morgan fingerprint density at radius 3 is 1.79 bits per heavy atom. The molecule has 0 saturated carbocycles. The molecule has 0 aliphatic heterocycles. The van der Waals surface area contributed by atoms with Crippen molar-refractivity contribution < 1.29 is 4.92 Å². The van der Waals surface area contributed by atoms with Crippen LogP contribution in [-0.2, 0) is 0 Å². The molecular weight excluding hydrogens is 366 g/mol. The minimum absolute atomic E-state index is 0.163. The van der Waals surface area contributed by atoms with Gasteiger partial charge in [0.25, 0.3) is 5.69 Å². The van der Waals surface area contributed by atoms with E-state index in [-0.39, 0.29) is 11.4 Å². The number of hydrogen-bond acceptors (Lipinski definition) is 6. The maximum atomic E-state index is 11.4. The van der Waals surface area contributed by atoms with Crippen molar-refractivity contribution in [3.8, 4) is 12.1 Å². The number of nitriles is 2. The molecule has 0 heterocycles. The molecule has 0 spiro atoms. The summed E-state index contributed by atoms with van der Waals surface area (Å²) in [6, 6.07) is 22.1.